The highest BCUT2D eigenvalue weighted by atomic mass is 32.3. The molecule has 0 aliphatic rings. The summed E-state index contributed by atoms with van der Waals surface area (Å²) in [5.74, 6) is 0.986. The van der Waals surface area contributed by atoms with Gasteiger partial charge in [0.05, 0.1) is 6.61 Å². The van der Waals surface area contributed by atoms with Crippen molar-refractivity contribution < 1.29 is 17.2 Å². The first-order valence-corrected chi connectivity index (χ1v) is 11.5. The van der Waals surface area contributed by atoms with Crippen LogP contribution in [0.2, 0.25) is 0 Å². The average molecular weight is 401 g/mol. The molecule has 0 fully saturated rings. The Morgan fingerprint density at radius 3 is 2.19 bits per heavy atom. The molecule has 0 radical (unpaired) electrons. The van der Waals surface area contributed by atoms with E-state index in [0.29, 0.717) is 5.56 Å². The molecule has 3 aromatic rings. The molecule has 0 bridgehead atoms. The predicted molar refractivity (Wildman–Crippen MR) is 108 cm³/mol. The summed E-state index contributed by atoms with van der Waals surface area (Å²) < 4.78 is 36.3. The van der Waals surface area contributed by atoms with Crippen LogP contribution in [0.3, 0.4) is 0 Å². The van der Waals surface area contributed by atoms with Crippen LogP contribution in [0.4, 0.5) is 0 Å². The Kier molecular flexibility index (Phi) is 6.34. The van der Waals surface area contributed by atoms with Crippen molar-refractivity contribution in [3.05, 3.63) is 90.0 Å². The van der Waals surface area contributed by atoms with Gasteiger partial charge in [0.15, 0.2) is 4.90 Å². The highest BCUT2D eigenvalue weighted by molar-refractivity contribution is 7.95. The predicted octanol–water partition coefficient (Wildman–Crippen LogP) is 4.14. The zero-order valence-electron chi connectivity index (χ0n) is 14.9. The Hall–Kier alpha value is -2.12. The summed E-state index contributed by atoms with van der Waals surface area (Å²) in [5.41, 5.74) is 3.95. The van der Waals surface area contributed by atoms with Crippen molar-refractivity contribution in [1.29, 1.82) is 0 Å². The first-order valence-electron chi connectivity index (χ1n) is 8.37. The van der Waals surface area contributed by atoms with E-state index < -0.39 is 10.4 Å². The highest BCUT2D eigenvalue weighted by Crippen LogP contribution is 2.25. The second kappa shape index (κ2) is 8.71. The summed E-state index contributed by atoms with van der Waals surface area (Å²) >= 11 is 0. The summed E-state index contributed by atoms with van der Waals surface area (Å²) in [7, 11) is -4.63. The molecule has 140 valence electrons. The van der Waals surface area contributed by atoms with E-state index in [-0.39, 0.29) is 17.5 Å². The van der Waals surface area contributed by atoms with Crippen LogP contribution in [0.25, 0.3) is 11.1 Å². The van der Waals surface area contributed by atoms with E-state index in [2.05, 4.69) is 46.8 Å². The van der Waals surface area contributed by atoms with E-state index >= 15 is 0 Å². The molecule has 4 nitrogen and oxygen atoms in total. The Morgan fingerprint density at radius 2 is 1.48 bits per heavy atom. The summed E-state index contributed by atoms with van der Waals surface area (Å²) in [6.07, 6.45) is 2.23. The van der Waals surface area contributed by atoms with Gasteiger partial charge in [-0.05, 0) is 28.8 Å². The van der Waals surface area contributed by atoms with Gasteiger partial charge in [-0.25, -0.2) is 8.42 Å². The Balaban J connectivity index is 1.79. The molecule has 6 heteroatoms. The van der Waals surface area contributed by atoms with Crippen LogP contribution in [-0.2, 0) is 37.8 Å². The Bertz CT molecular complexity index is 1000. The topological polar surface area (TPSA) is 66.4 Å². The van der Waals surface area contributed by atoms with Crippen molar-refractivity contribution in [3.63, 3.8) is 0 Å². The van der Waals surface area contributed by atoms with E-state index in [1.165, 1.54) is 10.5 Å². The van der Waals surface area contributed by atoms with Gasteiger partial charge in [-0.3, -0.25) is 4.18 Å². The zero-order chi connectivity index (χ0) is 19.3. The van der Waals surface area contributed by atoms with Crippen molar-refractivity contribution in [2.75, 3.05) is 6.26 Å². The third-order valence-electron chi connectivity index (χ3n) is 4.09. The van der Waals surface area contributed by atoms with Gasteiger partial charge in [-0.15, -0.1) is 0 Å². The van der Waals surface area contributed by atoms with Crippen molar-refractivity contribution in [1.82, 2.24) is 0 Å². The maximum Gasteiger partial charge on any atom is 0.217 e. The summed E-state index contributed by atoms with van der Waals surface area (Å²) in [6, 6.07) is 26.1. The lowest BCUT2D eigenvalue weighted by molar-refractivity contribution is 0.253. The lowest BCUT2D eigenvalue weighted by Gasteiger charge is -2.10. The van der Waals surface area contributed by atoms with Crippen LogP contribution in [0.1, 0.15) is 11.1 Å². The van der Waals surface area contributed by atoms with Crippen LogP contribution >= 0.6 is 0 Å². The molecule has 1 unspecified atom stereocenters. The minimum Gasteiger partial charge on any atom is -0.726 e. The molecule has 0 saturated carbocycles. The molecular formula is C21H20O4S2. The van der Waals surface area contributed by atoms with Gasteiger partial charge in [-0.2, -0.15) is 0 Å². The minimum absolute atomic E-state index is 0.0657. The van der Waals surface area contributed by atoms with Crippen LogP contribution in [0.5, 0.6) is 0 Å². The Morgan fingerprint density at radius 1 is 0.852 bits per heavy atom. The molecule has 0 aliphatic carbocycles. The fraction of sp³-hybridized carbons (Fsp3) is 0.143. The van der Waals surface area contributed by atoms with Gasteiger partial charge >= 0.3 is 0 Å². The van der Waals surface area contributed by atoms with Gasteiger partial charge in [-0.1, -0.05) is 60.7 Å². The van der Waals surface area contributed by atoms with E-state index in [0.717, 1.165) is 16.9 Å². The van der Waals surface area contributed by atoms with E-state index in [4.69, 9.17) is 0 Å². The first-order chi connectivity index (χ1) is 12.9. The molecule has 3 rings (SSSR count). The van der Waals surface area contributed by atoms with Crippen molar-refractivity contribution in [3.8, 4) is 11.1 Å². The summed E-state index contributed by atoms with van der Waals surface area (Å²) in [5, 5.41) is 0. The lowest BCUT2D eigenvalue weighted by Crippen LogP contribution is -2.04. The van der Waals surface area contributed by atoms with Gasteiger partial charge in [0.25, 0.3) is 0 Å². The quantitative estimate of drug-likeness (QED) is 0.340. The molecule has 1 atom stereocenters. The molecule has 0 amide bonds. The maximum absolute atomic E-state index is 10.7. The van der Waals surface area contributed by atoms with Gasteiger partial charge in [0.1, 0.15) is 12.0 Å². The van der Waals surface area contributed by atoms with E-state index in [1.54, 1.807) is 6.07 Å². The second-order valence-electron chi connectivity index (χ2n) is 6.17. The average Bonchev–Trinajstić information content (AvgIpc) is 2.67. The molecule has 0 spiro atoms. The number of hydrogen-bond acceptors (Lipinski definition) is 4. The lowest BCUT2D eigenvalue weighted by atomic mass is 10.0. The van der Waals surface area contributed by atoms with Crippen LogP contribution in [-0.4, -0.2) is 19.2 Å². The molecule has 0 N–H and O–H groups in total. The van der Waals surface area contributed by atoms with Gasteiger partial charge in [0.2, 0.25) is 10.4 Å². The van der Waals surface area contributed by atoms with Crippen LogP contribution < -0.4 is 0 Å². The molecule has 0 aliphatic heterocycles. The second-order valence-corrected chi connectivity index (χ2v) is 9.25. The molecule has 0 heterocycles. The Labute approximate surface area is 163 Å². The highest BCUT2D eigenvalue weighted by Gasteiger charge is 2.17. The first kappa shape index (κ1) is 19.6. The summed E-state index contributed by atoms with van der Waals surface area (Å²) in [4.78, 5) is 1.26. The minimum atomic E-state index is -4.70. The third-order valence-corrected chi connectivity index (χ3v) is 6.32. The molecule has 27 heavy (non-hydrogen) atoms. The molecular weight excluding hydrogens is 380 g/mol. The third kappa shape index (κ3) is 5.94. The monoisotopic (exact) mass is 400 g/mol. The SMILES string of the molecule is C[S+](Cc1ccccc1)c1cccc(-c2cccc(COS(=O)(=O)[O-])c2)c1. The largest absolute Gasteiger partial charge is 0.726 e. The van der Waals surface area contributed by atoms with Crippen molar-refractivity contribution in [2.24, 2.45) is 0 Å². The number of benzene rings is 3. The smallest absolute Gasteiger partial charge is 0.217 e. The fourth-order valence-electron chi connectivity index (χ4n) is 2.78. The number of rotatable bonds is 7. The fourth-order valence-corrected chi connectivity index (χ4v) is 4.56. The molecule has 0 aromatic heterocycles. The molecule has 3 aromatic carbocycles. The zero-order valence-corrected chi connectivity index (χ0v) is 16.5. The standard InChI is InChI=1S/C21H20O4S2/c1-26(16-17-7-3-2-4-8-17)21-12-6-11-20(14-21)19-10-5-9-18(13-19)15-25-27(22,23)24/h2-14H,15-16H2,1H3. The van der Waals surface area contributed by atoms with Crippen LogP contribution in [0.15, 0.2) is 83.8 Å². The van der Waals surface area contributed by atoms with E-state index in [9.17, 15) is 13.0 Å². The molecule has 0 saturated heterocycles. The normalized spacial score (nSPS) is 12.7. The number of hydrogen-bond donors (Lipinski definition) is 0. The van der Waals surface area contributed by atoms with Crippen molar-refractivity contribution in [2.45, 2.75) is 17.3 Å². The van der Waals surface area contributed by atoms with Gasteiger partial charge in [0, 0.05) is 22.5 Å². The van der Waals surface area contributed by atoms with Crippen LogP contribution in [0, 0.1) is 0 Å². The van der Waals surface area contributed by atoms with Crippen molar-refractivity contribution >= 4 is 21.3 Å². The van der Waals surface area contributed by atoms with E-state index in [1.807, 2.05) is 36.4 Å². The maximum atomic E-state index is 10.7. The summed E-state index contributed by atoms with van der Waals surface area (Å²) in [6.45, 7) is -0.258. The van der Waals surface area contributed by atoms with Gasteiger partial charge < -0.3 is 4.55 Å².